The summed E-state index contributed by atoms with van der Waals surface area (Å²) in [7, 11) is 1.18. The number of ketones is 1. The van der Waals surface area contributed by atoms with E-state index in [1.54, 1.807) is 24.3 Å². The number of hydrogen-bond acceptors (Lipinski definition) is 4. The Labute approximate surface area is 102 Å². The molecule has 0 saturated heterocycles. The van der Waals surface area contributed by atoms with Crippen molar-refractivity contribution >= 4 is 34.3 Å². The maximum absolute atomic E-state index is 11.8. The van der Waals surface area contributed by atoms with Gasteiger partial charge < -0.3 is 9.15 Å². The maximum Gasteiger partial charge on any atom is 0.331 e. The number of fused-ring (bicyclic) bond motifs is 1. The van der Waals surface area contributed by atoms with Crippen molar-refractivity contribution in [2.75, 3.05) is 7.11 Å². The lowest BCUT2D eigenvalue weighted by Crippen LogP contribution is -2.25. The van der Waals surface area contributed by atoms with Crippen LogP contribution in [0, 0.1) is 0 Å². The van der Waals surface area contributed by atoms with Gasteiger partial charge in [-0.25, -0.2) is 4.79 Å². The van der Waals surface area contributed by atoms with Gasteiger partial charge >= 0.3 is 5.97 Å². The highest BCUT2D eigenvalue weighted by Gasteiger charge is 2.26. The fourth-order valence-electron chi connectivity index (χ4n) is 1.48. The molecule has 5 heteroatoms. The number of hydrogen-bond donors (Lipinski definition) is 0. The summed E-state index contributed by atoms with van der Waals surface area (Å²) in [6.07, 6.45) is 1.53. The summed E-state index contributed by atoms with van der Waals surface area (Å²) in [5, 5.41) is -0.533. The van der Waals surface area contributed by atoms with Crippen molar-refractivity contribution in [2.24, 2.45) is 0 Å². The van der Waals surface area contributed by atoms with Crippen LogP contribution < -0.4 is 0 Å². The molecule has 17 heavy (non-hydrogen) atoms. The van der Waals surface area contributed by atoms with Gasteiger partial charge in [0.05, 0.1) is 13.4 Å². The molecule has 0 N–H and O–H groups in total. The van der Waals surface area contributed by atoms with E-state index in [0.29, 0.717) is 11.1 Å². The first-order chi connectivity index (χ1) is 8.13. The molecule has 0 bridgehead atoms. The fraction of sp³-hybridized carbons (Fsp3) is 0.167. The molecule has 1 aromatic carbocycles. The van der Waals surface area contributed by atoms with Gasteiger partial charge in [0, 0.05) is 10.9 Å². The van der Waals surface area contributed by atoms with E-state index in [1.807, 2.05) is 0 Å². The van der Waals surface area contributed by atoms with Gasteiger partial charge in [0.2, 0.25) is 0 Å². The molecule has 0 fully saturated rings. The lowest BCUT2D eigenvalue weighted by atomic mass is 10.1. The second-order valence-electron chi connectivity index (χ2n) is 3.42. The van der Waals surface area contributed by atoms with Gasteiger partial charge in [-0.1, -0.05) is 0 Å². The number of ether oxygens (including phenoxy) is 1. The average Bonchev–Trinajstić information content (AvgIpc) is 2.83. The quantitative estimate of drug-likeness (QED) is 0.364. The van der Waals surface area contributed by atoms with Crippen LogP contribution >= 0.6 is 11.6 Å². The molecule has 0 aliphatic carbocycles. The number of alkyl halides is 1. The largest absolute Gasteiger partial charge is 0.468 e. The van der Waals surface area contributed by atoms with Crippen LogP contribution in [0.25, 0.3) is 11.0 Å². The summed E-state index contributed by atoms with van der Waals surface area (Å²) in [6, 6.07) is 6.57. The molecule has 88 valence electrons. The van der Waals surface area contributed by atoms with Crippen LogP contribution in [0.4, 0.5) is 0 Å². The van der Waals surface area contributed by atoms with Crippen molar-refractivity contribution in [1.82, 2.24) is 0 Å². The molecule has 0 aliphatic rings. The third-order valence-corrected chi connectivity index (χ3v) is 2.75. The van der Waals surface area contributed by atoms with Gasteiger partial charge in [0.1, 0.15) is 5.58 Å². The Bertz CT molecular complexity index is 573. The zero-order valence-corrected chi connectivity index (χ0v) is 9.73. The van der Waals surface area contributed by atoms with E-state index in [0.717, 1.165) is 5.39 Å². The van der Waals surface area contributed by atoms with E-state index in [-0.39, 0.29) is 0 Å². The SMILES string of the molecule is COC(=O)C(Cl)C(=O)c1ccc2occc2c1. The number of rotatable bonds is 3. The fourth-order valence-corrected chi connectivity index (χ4v) is 1.69. The summed E-state index contributed by atoms with van der Waals surface area (Å²) in [4.78, 5) is 23.0. The maximum atomic E-state index is 11.8. The van der Waals surface area contributed by atoms with Crippen molar-refractivity contribution < 1.29 is 18.7 Å². The summed E-state index contributed by atoms with van der Waals surface area (Å²) < 4.78 is 9.56. The van der Waals surface area contributed by atoms with Crippen molar-refractivity contribution in [3.63, 3.8) is 0 Å². The number of carbonyl (C=O) groups is 2. The van der Waals surface area contributed by atoms with E-state index >= 15 is 0 Å². The number of furan rings is 1. The number of Topliss-reactive ketones (excluding diaryl/α,β-unsaturated/α-hetero) is 1. The third-order valence-electron chi connectivity index (χ3n) is 2.38. The molecule has 0 spiro atoms. The minimum Gasteiger partial charge on any atom is -0.468 e. The normalized spacial score (nSPS) is 12.4. The van der Waals surface area contributed by atoms with Crippen LogP contribution in [0.2, 0.25) is 0 Å². The molecule has 0 aliphatic heterocycles. The minimum atomic E-state index is -1.32. The van der Waals surface area contributed by atoms with Gasteiger partial charge in [-0.05, 0) is 24.3 Å². The molecule has 1 atom stereocenters. The summed E-state index contributed by atoms with van der Waals surface area (Å²) in [5.41, 5.74) is 1.02. The van der Waals surface area contributed by atoms with E-state index in [1.165, 1.54) is 13.4 Å². The molecule has 1 unspecified atom stereocenters. The molecular weight excluding hydrogens is 244 g/mol. The second kappa shape index (κ2) is 4.59. The Balaban J connectivity index is 2.32. The Morgan fingerprint density at radius 1 is 1.35 bits per heavy atom. The van der Waals surface area contributed by atoms with Gasteiger partial charge in [0.25, 0.3) is 0 Å². The van der Waals surface area contributed by atoms with Gasteiger partial charge in [-0.3, -0.25) is 4.79 Å². The molecule has 1 aromatic heterocycles. The number of esters is 1. The standard InChI is InChI=1S/C12H9ClO4/c1-16-12(15)10(13)11(14)8-2-3-9-7(6-8)4-5-17-9/h2-6,10H,1H3. The van der Waals surface area contributed by atoms with Gasteiger partial charge in [-0.15, -0.1) is 11.6 Å². The predicted molar refractivity (Wildman–Crippen MR) is 62.2 cm³/mol. The van der Waals surface area contributed by atoms with Gasteiger partial charge in [0.15, 0.2) is 11.2 Å². The molecular formula is C12H9ClO4. The molecule has 4 nitrogen and oxygen atoms in total. The third kappa shape index (κ3) is 2.17. The number of benzene rings is 1. The van der Waals surface area contributed by atoms with Crippen LogP contribution in [-0.2, 0) is 9.53 Å². The molecule has 2 rings (SSSR count). The average molecular weight is 253 g/mol. The second-order valence-corrected chi connectivity index (χ2v) is 3.86. The van der Waals surface area contributed by atoms with Crippen molar-refractivity contribution in [1.29, 1.82) is 0 Å². The highest BCUT2D eigenvalue weighted by atomic mass is 35.5. The lowest BCUT2D eigenvalue weighted by Gasteiger charge is -2.06. The van der Waals surface area contributed by atoms with Crippen LogP contribution in [0.15, 0.2) is 34.9 Å². The van der Waals surface area contributed by atoms with E-state index in [9.17, 15) is 9.59 Å². The molecule has 0 amide bonds. The summed E-state index contributed by atoms with van der Waals surface area (Å²) in [6.45, 7) is 0. The smallest absolute Gasteiger partial charge is 0.331 e. The molecule has 0 saturated carbocycles. The predicted octanol–water partition coefficient (Wildman–Crippen LogP) is 2.40. The number of halogens is 1. The summed E-state index contributed by atoms with van der Waals surface area (Å²) >= 11 is 5.69. The van der Waals surface area contributed by atoms with Crippen LogP contribution in [0.1, 0.15) is 10.4 Å². The first-order valence-corrected chi connectivity index (χ1v) is 5.30. The van der Waals surface area contributed by atoms with E-state index in [4.69, 9.17) is 16.0 Å². The monoisotopic (exact) mass is 252 g/mol. The highest BCUT2D eigenvalue weighted by molar-refractivity contribution is 6.43. The zero-order valence-electron chi connectivity index (χ0n) is 8.98. The van der Waals surface area contributed by atoms with Crippen molar-refractivity contribution in [3.8, 4) is 0 Å². The zero-order chi connectivity index (χ0) is 12.4. The first kappa shape index (κ1) is 11.7. The topological polar surface area (TPSA) is 56.5 Å². The van der Waals surface area contributed by atoms with E-state index in [2.05, 4.69) is 4.74 Å². The van der Waals surface area contributed by atoms with Crippen LogP contribution in [0.3, 0.4) is 0 Å². The highest BCUT2D eigenvalue weighted by Crippen LogP contribution is 2.19. The summed E-state index contributed by atoms with van der Waals surface area (Å²) in [5.74, 6) is -1.24. The van der Waals surface area contributed by atoms with Crippen molar-refractivity contribution in [3.05, 3.63) is 36.1 Å². The molecule has 1 heterocycles. The van der Waals surface area contributed by atoms with Crippen molar-refractivity contribution in [2.45, 2.75) is 5.38 Å². The van der Waals surface area contributed by atoms with E-state index < -0.39 is 17.1 Å². The van der Waals surface area contributed by atoms with Crippen LogP contribution in [0.5, 0.6) is 0 Å². The Morgan fingerprint density at radius 2 is 2.12 bits per heavy atom. The molecule has 2 aromatic rings. The molecule has 0 radical (unpaired) electrons. The number of carbonyl (C=O) groups excluding carboxylic acids is 2. The Hall–Kier alpha value is -1.81. The number of methoxy groups -OCH3 is 1. The van der Waals surface area contributed by atoms with Gasteiger partial charge in [-0.2, -0.15) is 0 Å². The Morgan fingerprint density at radius 3 is 2.82 bits per heavy atom. The lowest BCUT2D eigenvalue weighted by molar-refractivity contribution is -0.139. The Kier molecular flexibility index (Phi) is 3.15. The first-order valence-electron chi connectivity index (χ1n) is 4.87. The van der Waals surface area contributed by atoms with Crippen LogP contribution in [-0.4, -0.2) is 24.2 Å². The minimum absolute atomic E-state index is 0.351.